The number of unbranched alkanes of at least 4 members (excludes halogenated alkanes) is 13. The largest absolute Gasteiger partial charge is 0.381 e. The maximum absolute atomic E-state index is 12.6. The fourth-order valence-electron chi connectivity index (χ4n) is 4.56. The monoisotopic (exact) mass is 545 g/mol. The van der Waals surface area contributed by atoms with E-state index >= 15 is 0 Å². The Bertz CT molecular complexity index is 669. The van der Waals surface area contributed by atoms with Crippen molar-refractivity contribution in [2.75, 3.05) is 45.9 Å². The van der Waals surface area contributed by atoms with E-state index in [-0.39, 0.29) is 30.9 Å². The number of carbonyl (C=O) groups excluding carboxylic acids is 1. The van der Waals surface area contributed by atoms with Crippen LogP contribution in [0.25, 0.3) is 0 Å². The molecule has 0 saturated carbocycles. The number of nitrogens with zero attached hydrogens (tertiary/aromatic N) is 1. The summed E-state index contributed by atoms with van der Waals surface area (Å²) in [6.45, 7) is 4.86. The quantitative estimate of drug-likeness (QED) is 0.114. The Morgan fingerprint density at radius 2 is 1.51 bits per heavy atom. The molecule has 2 saturated heterocycles. The summed E-state index contributed by atoms with van der Waals surface area (Å²) in [4.78, 5) is 13.5. The first-order chi connectivity index (χ1) is 18.0. The first-order valence-corrected chi connectivity index (χ1v) is 16.5. The predicted octanol–water partition coefficient (Wildman–Crippen LogP) is 6.85. The molecule has 0 aromatic rings. The van der Waals surface area contributed by atoms with Gasteiger partial charge in [0.05, 0.1) is 25.9 Å². The highest BCUT2D eigenvalue weighted by molar-refractivity contribution is 7.53. The summed E-state index contributed by atoms with van der Waals surface area (Å²) in [5, 5.41) is 10.00. The minimum Gasteiger partial charge on any atom is -0.381 e. The molecular weight excluding hydrogens is 493 g/mol. The van der Waals surface area contributed by atoms with Gasteiger partial charge in [-0.3, -0.25) is 15.3 Å². The normalized spacial score (nSPS) is 22.4. The minimum absolute atomic E-state index is 0.108. The fraction of sp³-hybridized carbons (Fsp3) is 0.926. The first-order valence-electron chi connectivity index (χ1n) is 14.7. The molecule has 0 radical (unpaired) electrons. The van der Waals surface area contributed by atoms with Crippen molar-refractivity contribution in [3.05, 3.63) is 0 Å². The van der Waals surface area contributed by atoms with Crippen molar-refractivity contribution in [2.24, 2.45) is 0 Å². The number of hydrogen-bond donors (Lipinski definition) is 2. The summed E-state index contributed by atoms with van der Waals surface area (Å²) in [5.74, 6) is 0.225. The van der Waals surface area contributed by atoms with Gasteiger partial charge in [0, 0.05) is 26.2 Å². The number of hydrogen-bond acceptors (Lipinski definition) is 7. The van der Waals surface area contributed by atoms with E-state index in [1.807, 2.05) is 0 Å². The van der Waals surface area contributed by atoms with Crippen LogP contribution in [0.2, 0.25) is 0 Å². The van der Waals surface area contributed by atoms with E-state index in [9.17, 15) is 9.36 Å². The molecule has 37 heavy (non-hydrogen) atoms. The molecule has 10 heteroatoms. The van der Waals surface area contributed by atoms with Gasteiger partial charge < -0.3 is 23.4 Å². The average molecular weight is 546 g/mol. The fourth-order valence-corrected chi connectivity index (χ4v) is 5.98. The van der Waals surface area contributed by atoms with E-state index < -0.39 is 7.60 Å². The molecule has 0 spiro atoms. The number of nitrogens with one attached hydrogen (secondary N) is 2. The van der Waals surface area contributed by atoms with Crippen molar-refractivity contribution in [1.82, 2.24) is 10.2 Å². The van der Waals surface area contributed by atoms with Crippen LogP contribution in [-0.4, -0.2) is 68.7 Å². The van der Waals surface area contributed by atoms with E-state index in [1.54, 1.807) is 4.90 Å². The standard InChI is InChI=1S/C27H52N3O6P/c1-2-3-4-5-6-7-8-9-10-11-12-13-14-15-19-33-20-16-21-35-37(32)24-34-25(23-36-37)22-30-18-17-26(28)29-27(30)31/h25H,2-24H2,1H3,(H2,28,29,31)/t25-,37?/m0/s1. The third kappa shape index (κ3) is 15.3. The molecule has 216 valence electrons. The summed E-state index contributed by atoms with van der Waals surface area (Å²) in [5.41, 5.74) is 0. The number of urea groups is 1. The summed E-state index contributed by atoms with van der Waals surface area (Å²) in [7, 11) is -3.25. The SMILES string of the molecule is CCCCCCCCCCCCCCCCOCCCOP1(=O)CO[C@@H](CN2CCC(=N)NC2=O)CO1. The number of ether oxygens (including phenoxy) is 2. The highest BCUT2D eigenvalue weighted by atomic mass is 31.2. The highest BCUT2D eigenvalue weighted by Crippen LogP contribution is 2.50. The summed E-state index contributed by atoms with van der Waals surface area (Å²) >= 11 is 0. The summed E-state index contributed by atoms with van der Waals surface area (Å²) < 4.78 is 34.9. The molecular formula is C27H52N3O6P. The highest BCUT2D eigenvalue weighted by Gasteiger charge is 2.35. The van der Waals surface area contributed by atoms with Crippen LogP contribution in [-0.2, 0) is 23.1 Å². The van der Waals surface area contributed by atoms with Crippen LogP contribution >= 0.6 is 7.60 Å². The second-order valence-corrected chi connectivity index (χ2v) is 12.3. The Kier molecular flexibility index (Phi) is 17.4. The molecule has 2 fully saturated rings. The number of carbonyl (C=O) groups is 1. The molecule has 2 aliphatic rings. The van der Waals surface area contributed by atoms with Gasteiger partial charge in [0.25, 0.3) is 0 Å². The lowest BCUT2D eigenvalue weighted by Gasteiger charge is -2.34. The van der Waals surface area contributed by atoms with E-state index in [0.29, 0.717) is 39.1 Å². The van der Waals surface area contributed by atoms with Crippen LogP contribution in [0.1, 0.15) is 110 Å². The Balaban J connectivity index is 1.33. The second-order valence-electron chi connectivity index (χ2n) is 10.3. The Hall–Kier alpha value is -0.990. The zero-order valence-corrected chi connectivity index (χ0v) is 24.1. The zero-order chi connectivity index (χ0) is 26.6. The van der Waals surface area contributed by atoms with Crippen molar-refractivity contribution < 1.29 is 27.9 Å². The van der Waals surface area contributed by atoms with Crippen molar-refractivity contribution >= 4 is 19.5 Å². The van der Waals surface area contributed by atoms with Crippen molar-refractivity contribution in [1.29, 1.82) is 5.41 Å². The van der Waals surface area contributed by atoms with E-state index in [1.165, 1.54) is 83.5 Å². The molecule has 2 heterocycles. The molecule has 2 atom stereocenters. The van der Waals surface area contributed by atoms with Crippen LogP contribution in [0.5, 0.6) is 0 Å². The van der Waals surface area contributed by atoms with E-state index in [0.717, 1.165) is 13.0 Å². The van der Waals surface area contributed by atoms with Gasteiger partial charge in [-0.1, -0.05) is 90.4 Å². The zero-order valence-electron chi connectivity index (χ0n) is 23.2. The van der Waals surface area contributed by atoms with Gasteiger partial charge in [-0.15, -0.1) is 0 Å². The van der Waals surface area contributed by atoms with Crippen molar-refractivity contribution in [3.8, 4) is 0 Å². The average Bonchev–Trinajstić information content (AvgIpc) is 2.88. The molecule has 0 bridgehead atoms. The molecule has 2 aliphatic heterocycles. The van der Waals surface area contributed by atoms with Gasteiger partial charge >= 0.3 is 13.6 Å². The van der Waals surface area contributed by atoms with E-state index in [4.69, 9.17) is 23.9 Å². The molecule has 1 unspecified atom stereocenters. The molecule has 0 aliphatic carbocycles. The molecule has 2 N–H and O–H groups in total. The molecule has 2 amide bonds. The van der Waals surface area contributed by atoms with Gasteiger partial charge in [-0.25, -0.2) is 4.79 Å². The van der Waals surface area contributed by atoms with Crippen molar-refractivity contribution in [3.63, 3.8) is 0 Å². The maximum Gasteiger partial charge on any atom is 0.356 e. The van der Waals surface area contributed by atoms with Crippen LogP contribution in [0.3, 0.4) is 0 Å². The molecule has 0 aromatic heterocycles. The number of amides is 2. The lowest BCUT2D eigenvalue weighted by atomic mass is 10.0. The summed E-state index contributed by atoms with van der Waals surface area (Å²) in [6.07, 6.45) is 19.6. The van der Waals surface area contributed by atoms with Gasteiger partial charge in [0.1, 0.15) is 12.2 Å². The third-order valence-electron chi connectivity index (χ3n) is 6.89. The van der Waals surface area contributed by atoms with Gasteiger partial charge in [0.2, 0.25) is 0 Å². The van der Waals surface area contributed by atoms with Crippen LogP contribution in [0.15, 0.2) is 0 Å². The molecule has 9 nitrogen and oxygen atoms in total. The Labute approximate surface area is 224 Å². The van der Waals surface area contributed by atoms with Crippen molar-refractivity contribution in [2.45, 2.75) is 116 Å². The Morgan fingerprint density at radius 1 is 0.919 bits per heavy atom. The van der Waals surface area contributed by atoms with Gasteiger partial charge in [-0.05, 0) is 12.8 Å². The predicted molar refractivity (Wildman–Crippen MR) is 147 cm³/mol. The van der Waals surface area contributed by atoms with E-state index in [2.05, 4.69) is 12.2 Å². The van der Waals surface area contributed by atoms with Crippen LogP contribution < -0.4 is 5.32 Å². The Morgan fingerprint density at radius 3 is 2.08 bits per heavy atom. The van der Waals surface area contributed by atoms with Gasteiger partial charge in [-0.2, -0.15) is 0 Å². The second kappa shape index (κ2) is 20.0. The summed E-state index contributed by atoms with van der Waals surface area (Å²) in [6, 6.07) is -0.307. The number of amidine groups is 1. The lowest BCUT2D eigenvalue weighted by Crippen LogP contribution is -2.52. The first kappa shape index (κ1) is 32.2. The molecule has 0 aromatic carbocycles. The molecule has 2 rings (SSSR count). The third-order valence-corrected chi connectivity index (χ3v) is 8.47. The number of rotatable bonds is 22. The maximum atomic E-state index is 12.6. The minimum atomic E-state index is -3.25. The smallest absolute Gasteiger partial charge is 0.356 e. The lowest BCUT2D eigenvalue weighted by molar-refractivity contribution is -0.0181. The topological polar surface area (TPSA) is 110 Å². The van der Waals surface area contributed by atoms with Crippen LogP contribution in [0, 0.1) is 5.41 Å². The van der Waals surface area contributed by atoms with Gasteiger partial charge in [0.15, 0.2) is 0 Å². The van der Waals surface area contributed by atoms with Crippen LogP contribution in [0.4, 0.5) is 4.79 Å².